The number of hydrogen-bond donors (Lipinski definition) is 0. The number of pyridine rings is 1. The van der Waals surface area contributed by atoms with Crippen LogP contribution in [0.2, 0.25) is 0 Å². The smallest absolute Gasteiger partial charge is 0.213 e. The van der Waals surface area contributed by atoms with Gasteiger partial charge in [-0.25, -0.2) is 4.98 Å². The van der Waals surface area contributed by atoms with Crippen molar-refractivity contribution in [3.63, 3.8) is 0 Å². The fourth-order valence-electron chi connectivity index (χ4n) is 1.80. The van der Waals surface area contributed by atoms with Crippen LogP contribution in [0.15, 0.2) is 12.1 Å². The lowest BCUT2D eigenvalue weighted by molar-refractivity contribution is 0.184. The Labute approximate surface area is 99.0 Å². The summed E-state index contributed by atoms with van der Waals surface area (Å²) in [5.41, 5.74) is 2.38. The van der Waals surface area contributed by atoms with Crippen LogP contribution in [0.3, 0.4) is 0 Å². The summed E-state index contributed by atoms with van der Waals surface area (Å²) in [5.74, 6) is 1.22. The van der Waals surface area contributed by atoms with Gasteiger partial charge in [-0.15, -0.1) is 0 Å². The molecule has 0 saturated carbocycles. The first kappa shape index (κ1) is 13.0. The molecule has 0 aromatic carbocycles. The summed E-state index contributed by atoms with van der Waals surface area (Å²) in [7, 11) is 0. The van der Waals surface area contributed by atoms with Gasteiger partial charge in [0.1, 0.15) is 0 Å². The van der Waals surface area contributed by atoms with Crippen molar-refractivity contribution in [2.75, 3.05) is 0 Å². The summed E-state index contributed by atoms with van der Waals surface area (Å²) in [5, 5.41) is 0. The van der Waals surface area contributed by atoms with Gasteiger partial charge in [0, 0.05) is 11.8 Å². The molecule has 2 nitrogen and oxygen atoms in total. The van der Waals surface area contributed by atoms with Gasteiger partial charge in [-0.2, -0.15) is 0 Å². The molecule has 0 aliphatic rings. The van der Waals surface area contributed by atoms with Gasteiger partial charge in [0.05, 0.1) is 6.10 Å². The maximum absolute atomic E-state index is 5.85. The van der Waals surface area contributed by atoms with Gasteiger partial charge in [-0.05, 0) is 31.2 Å². The second kappa shape index (κ2) is 5.88. The molecule has 0 radical (unpaired) electrons. The number of ether oxygens (including phenoxy) is 1. The first-order chi connectivity index (χ1) is 7.58. The predicted octanol–water partition coefficient (Wildman–Crippen LogP) is 4.08. The van der Waals surface area contributed by atoms with Crippen molar-refractivity contribution in [2.24, 2.45) is 0 Å². The van der Waals surface area contributed by atoms with Gasteiger partial charge in [-0.3, -0.25) is 0 Å². The van der Waals surface area contributed by atoms with Gasteiger partial charge >= 0.3 is 0 Å². The maximum atomic E-state index is 5.85. The van der Waals surface area contributed by atoms with Gasteiger partial charge in [0.25, 0.3) is 0 Å². The second-order valence-corrected chi connectivity index (χ2v) is 4.56. The summed E-state index contributed by atoms with van der Waals surface area (Å²) < 4.78 is 5.85. The van der Waals surface area contributed by atoms with Crippen LogP contribution in [0.5, 0.6) is 5.88 Å². The van der Waals surface area contributed by atoms with Crippen molar-refractivity contribution in [1.29, 1.82) is 0 Å². The minimum Gasteiger partial charge on any atom is -0.474 e. The van der Waals surface area contributed by atoms with Crippen molar-refractivity contribution in [3.05, 3.63) is 23.4 Å². The summed E-state index contributed by atoms with van der Waals surface area (Å²) >= 11 is 0. The van der Waals surface area contributed by atoms with E-state index in [1.54, 1.807) is 0 Å². The van der Waals surface area contributed by atoms with E-state index in [4.69, 9.17) is 4.74 Å². The highest BCUT2D eigenvalue weighted by molar-refractivity contribution is 5.26. The van der Waals surface area contributed by atoms with Crippen LogP contribution in [0.25, 0.3) is 0 Å². The Hall–Kier alpha value is -1.05. The van der Waals surface area contributed by atoms with E-state index in [0.717, 1.165) is 24.4 Å². The standard InChI is InChI=1S/C14H23NO/c1-6-12(7-2)16-13-9-8-11(5)14(15-13)10(3)4/h8-10,12H,6-7H2,1-5H3. The Morgan fingerprint density at radius 2 is 1.81 bits per heavy atom. The number of rotatable bonds is 5. The van der Waals surface area contributed by atoms with Crippen LogP contribution in [0, 0.1) is 6.92 Å². The number of aromatic nitrogens is 1. The molecule has 0 fully saturated rings. The monoisotopic (exact) mass is 221 g/mol. The van der Waals surface area contributed by atoms with Crippen molar-refractivity contribution >= 4 is 0 Å². The Kier molecular flexibility index (Phi) is 4.78. The third-order valence-electron chi connectivity index (χ3n) is 2.86. The van der Waals surface area contributed by atoms with Gasteiger partial charge in [0.15, 0.2) is 0 Å². The topological polar surface area (TPSA) is 22.1 Å². The normalized spacial score (nSPS) is 11.2. The first-order valence-corrected chi connectivity index (χ1v) is 6.22. The molecule has 1 aromatic heterocycles. The van der Waals surface area contributed by atoms with Crippen molar-refractivity contribution in [1.82, 2.24) is 4.98 Å². The SMILES string of the molecule is CCC(CC)Oc1ccc(C)c(C(C)C)n1. The molecule has 16 heavy (non-hydrogen) atoms. The molecule has 0 spiro atoms. The van der Waals surface area contributed by atoms with E-state index in [9.17, 15) is 0 Å². The predicted molar refractivity (Wildman–Crippen MR) is 68.1 cm³/mol. The summed E-state index contributed by atoms with van der Waals surface area (Å²) in [6.07, 6.45) is 2.35. The molecule has 0 amide bonds. The average molecular weight is 221 g/mol. The van der Waals surface area contributed by atoms with E-state index in [-0.39, 0.29) is 6.10 Å². The average Bonchev–Trinajstić information content (AvgIpc) is 2.27. The molecule has 0 aliphatic carbocycles. The van der Waals surface area contributed by atoms with E-state index >= 15 is 0 Å². The summed E-state index contributed by atoms with van der Waals surface area (Å²) in [6, 6.07) is 4.07. The highest BCUT2D eigenvalue weighted by atomic mass is 16.5. The van der Waals surface area contributed by atoms with E-state index in [1.165, 1.54) is 5.56 Å². The second-order valence-electron chi connectivity index (χ2n) is 4.56. The van der Waals surface area contributed by atoms with Crippen LogP contribution < -0.4 is 4.74 Å². The molecule has 0 atom stereocenters. The molecule has 1 heterocycles. The zero-order chi connectivity index (χ0) is 12.1. The van der Waals surface area contributed by atoms with Crippen molar-refractivity contribution < 1.29 is 4.74 Å². The molecule has 90 valence electrons. The molecule has 0 bridgehead atoms. The largest absolute Gasteiger partial charge is 0.474 e. The number of aryl methyl sites for hydroxylation is 1. The Bertz CT molecular complexity index is 330. The van der Waals surface area contributed by atoms with E-state index in [0.29, 0.717) is 5.92 Å². The molecule has 0 saturated heterocycles. The van der Waals surface area contributed by atoms with Crippen LogP contribution in [0.1, 0.15) is 57.7 Å². The third-order valence-corrected chi connectivity index (χ3v) is 2.86. The minimum atomic E-state index is 0.287. The van der Waals surface area contributed by atoms with Gasteiger partial charge < -0.3 is 4.74 Å². The maximum Gasteiger partial charge on any atom is 0.213 e. The lowest BCUT2D eigenvalue weighted by Crippen LogP contribution is -2.15. The fourth-order valence-corrected chi connectivity index (χ4v) is 1.80. The minimum absolute atomic E-state index is 0.287. The molecule has 0 unspecified atom stereocenters. The fraction of sp³-hybridized carbons (Fsp3) is 0.643. The molecule has 1 aromatic rings. The molecule has 2 heteroatoms. The van der Waals surface area contributed by atoms with E-state index < -0.39 is 0 Å². The van der Waals surface area contributed by atoms with Crippen LogP contribution >= 0.6 is 0 Å². The van der Waals surface area contributed by atoms with Gasteiger partial charge in [-0.1, -0.05) is 33.8 Å². The molecule has 1 rings (SSSR count). The highest BCUT2D eigenvalue weighted by Gasteiger charge is 2.10. The summed E-state index contributed by atoms with van der Waals surface area (Å²) in [6.45, 7) is 10.7. The number of nitrogens with zero attached hydrogens (tertiary/aromatic N) is 1. The molecule has 0 aliphatic heterocycles. The van der Waals surface area contributed by atoms with E-state index in [2.05, 4.69) is 45.7 Å². The molecular weight excluding hydrogens is 198 g/mol. The van der Waals surface area contributed by atoms with Crippen LogP contribution in [-0.4, -0.2) is 11.1 Å². The lowest BCUT2D eigenvalue weighted by Gasteiger charge is -2.17. The third kappa shape index (κ3) is 3.22. The molecular formula is C14H23NO. The van der Waals surface area contributed by atoms with Crippen molar-refractivity contribution in [3.8, 4) is 5.88 Å². The quantitative estimate of drug-likeness (QED) is 0.747. The zero-order valence-corrected chi connectivity index (χ0v) is 11.1. The first-order valence-electron chi connectivity index (χ1n) is 6.22. The van der Waals surface area contributed by atoms with E-state index in [1.807, 2.05) is 6.07 Å². The Morgan fingerprint density at radius 1 is 1.19 bits per heavy atom. The zero-order valence-electron chi connectivity index (χ0n) is 11.1. The van der Waals surface area contributed by atoms with Crippen LogP contribution in [-0.2, 0) is 0 Å². The van der Waals surface area contributed by atoms with Crippen LogP contribution in [0.4, 0.5) is 0 Å². The van der Waals surface area contributed by atoms with Crippen molar-refractivity contribution in [2.45, 2.75) is 59.5 Å². The molecule has 0 N–H and O–H groups in total. The summed E-state index contributed by atoms with van der Waals surface area (Å²) in [4.78, 5) is 4.59. The highest BCUT2D eigenvalue weighted by Crippen LogP contribution is 2.21. The lowest BCUT2D eigenvalue weighted by atomic mass is 10.1. The Balaban J connectivity index is 2.86. The number of hydrogen-bond acceptors (Lipinski definition) is 2. The Morgan fingerprint density at radius 3 is 2.31 bits per heavy atom. The van der Waals surface area contributed by atoms with Gasteiger partial charge in [0.2, 0.25) is 5.88 Å².